The quantitative estimate of drug-likeness (QED) is 0.335. The van der Waals surface area contributed by atoms with Gasteiger partial charge in [-0.05, 0) is 18.8 Å². The van der Waals surface area contributed by atoms with Crippen LogP contribution in [0.1, 0.15) is 25.7 Å². The standard InChI is InChI=1S/C12H12F14O2S/c13-7(9(15,16)17,10(18,19)20)4-6(2-1-3-29(27)28)5-8(14,11(21,22)23)12(24,25)26/h6H,1-5H2,(H,27,28). The lowest BCUT2D eigenvalue weighted by Crippen LogP contribution is -2.57. The molecule has 0 bridgehead atoms. The molecule has 0 saturated heterocycles. The summed E-state index contributed by atoms with van der Waals surface area (Å²) in [6.45, 7) is 0. The van der Waals surface area contributed by atoms with Crippen LogP contribution < -0.4 is 0 Å². The molecule has 0 heterocycles. The molecule has 1 atom stereocenters. The monoisotopic (exact) mass is 486 g/mol. The zero-order valence-corrected chi connectivity index (χ0v) is 14.5. The minimum atomic E-state index is -6.79. The van der Waals surface area contributed by atoms with Crippen molar-refractivity contribution in [1.29, 1.82) is 0 Å². The van der Waals surface area contributed by atoms with Crippen LogP contribution in [-0.2, 0) is 11.1 Å². The molecule has 1 unspecified atom stereocenters. The zero-order chi connectivity index (χ0) is 23.7. The van der Waals surface area contributed by atoms with Crippen LogP contribution in [-0.4, -0.2) is 50.6 Å². The summed E-state index contributed by atoms with van der Waals surface area (Å²) in [4.78, 5) is 0. The third-order valence-corrected chi connectivity index (χ3v) is 4.51. The van der Waals surface area contributed by atoms with E-state index in [1.54, 1.807) is 0 Å². The van der Waals surface area contributed by atoms with Crippen LogP contribution in [0.15, 0.2) is 0 Å². The Hall–Kier alpha value is -0.870. The molecule has 29 heavy (non-hydrogen) atoms. The highest BCUT2D eigenvalue weighted by molar-refractivity contribution is 7.79. The molecule has 0 aliphatic carbocycles. The lowest BCUT2D eigenvalue weighted by Gasteiger charge is -2.37. The second-order valence-corrected chi connectivity index (χ2v) is 7.09. The average molecular weight is 486 g/mol. The Morgan fingerprint density at radius 3 is 1.10 bits per heavy atom. The molecule has 2 nitrogen and oxygen atoms in total. The van der Waals surface area contributed by atoms with Crippen molar-refractivity contribution in [1.82, 2.24) is 0 Å². The van der Waals surface area contributed by atoms with Gasteiger partial charge in [0.05, 0.1) is 0 Å². The van der Waals surface area contributed by atoms with Crippen molar-refractivity contribution < 1.29 is 70.2 Å². The maximum atomic E-state index is 13.8. The number of halogens is 14. The van der Waals surface area contributed by atoms with Crippen LogP contribution in [0.5, 0.6) is 0 Å². The molecule has 0 radical (unpaired) electrons. The molecule has 0 amide bonds. The Kier molecular flexibility index (Phi) is 8.44. The van der Waals surface area contributed by atoms with E-state index in [0.29, 0.717) is 0 Å². The van der Waals surface area contributed by atoms with E-state index in [-0.39, 0.29) is 0 Å². The summed E-state index contributed by atoms with van der Waals surface area (Å²) in [7, 11) is 0. The molecule has 0 aromatic carbocycles. The van der Waals surface area contributed by atoms with Gasteiger partial charge in [-0.1, -0.05) is 0 Å². The molecule has 0 aromatic rings. The summed E-state index contributed by atoms with van der Waals surface area (Å²) in [6, 6.07) is 0. The molecule has 176 valence electrons. The number of rotatable bonds is 8. The van der Waals surface area contributed by atoms with Gasteiger partial charge in [0.15, 0.2) is 11.1 Å². The lowest BCUT2D eigenvalue weighted by atomic mass is 9.80. The molecule has 0 aliphatic rings. The third-order valence-electron chi connectivity index (χ3n) is 3.87. The van der Waals surface area contributed by atoms with Crippen molar-refractivity contribution in [2.75, 3.05) is 5.75 Å². The van der Waals surface area contributed by atoms with Crippen LogP contribution in [0.3, 0.4) is 0 Å². The van der Waals surface area contributed by atoms with Gasteiger partial charge < -0.3 is 4.55 Å². The lowest BCUT2D eigenvalue weighted by molar-refractivity contribution is -0.356. The summed E-state index contributed by atoms with van der Waals surface area (Å²) >= 11 is -2.77. The van der Waals surface area contributed by atoms with E-state index in [1.165, 1.54) is 0 Å². The molecule has 17 heteroatoms. The van der Waals surface area contributed by atoms with E-state index >= 15 is 0 Å². The zero-order valence-electron chi connectivity index (χ0n) is 13.7. The van der Waals surface area contributed by atoms with Crippen LogP contribution >= 0.6 is 0 Å². The van der Waals surface area contributed by atoms with Crippen molar-refractivity contribution in [2.45, 2.75) is 61.7 Å². The Balaban J connectivity index is 6.14. The maximum Gasteiger partial charge on any atom is 0.431 e. The van der Waals surface area contributed by atoms with Crippen LogP contribution in [0.4, 0.5) is 61.5 Å². The molecule has 0 aliphatic heterocycles. The number of alkyl halides is 14. The summed E-state index contributed by atoms with van der Waals surface area (Å²) in [5, 5.41) is 0. The first kappa shape index (κ1) is 28.1. The van der Waals surface area contributed by atoms with Gasteiger partial charge in [0, 0.05) is 18.6 Å². The maximum absolute atomic E-state index is 13.8. The topological polar surface area (TPSA) is 37.3 Å². The van der Waals surface area contributed by atoms with Crippen LogP contribution in [0.25, 0.3) is 0 Å². The van der Waals surface area contributed by atoms with Gasteiger partial charge >= 0.3 is 24.7 Å². The van der Waals surface area contributed by atoms with Crippen molar-refractivity contribution in [3.8, 4) is 0 Å². The highest BCUT2D eigenvalue weighted by Crippen LogP contribution is 2.54. The van der Waals surface area contributed by atoms with E-state index in [2.05, 4.69) is 0 Å². The Morgan fingerprint density at radius 1 is 0.621 bits per heavy atom. The summed E-state index contributed by atoms with van der Waals surface area (Å²) in [5.41, 5.74) is -12.5. The van der Waals surface area contributed by atoms with Gasteiger partial charge in [-0.3, -0.25) is 0 Å². The van der Waals surface area contributed by atoms with E-state index in [0.717, 1.165) is 0 Å². The number of hydrogen-bond donors (Lipinski definition) is 1. The molecule has 0 saturated carbocycles. The predicted molar refractivity (Wildman–Crippen MR) is 69.5 cm³/mol. The van der Waals surface area contributed by atoms with Gasteiger partial charge in [0.25, 0.3) is 11.3 Å². The second kappa shape index (κ2) is 8.70. The Labute approximate surface area is 155 Å². The smallest absolute Gasteiger partial charge is 0.306 e. The summed E-state index contributed by atoms with van der Waals surface area (Å²) in [5.74, 6) is -4.08. The Bertz CT molecular complexity index is 493. The third kappa shape index (κ3) is 6.55. The first-order valence-corrected chi connectivity index (χ1v) is 8.49. The highest BCUT2D eigenvalue weighted by Gasteiger charge is 2.75. The fourth-order valence-corrected chi connectivity index (χ4v) is 2.77. The number of hydrogen-bond acceptors (Lipinski definition) is 1. The normalized spacial score (nSPS) is 16.4. The van der Waals surface area contributed by atoms with Crippen molar-refractivity contribution in [3.05, 3.63) is 0 Å². The van der Waals surface area contributed by atoms with Crippen molar-refractivity contribution in [3.63, 3.8) is 0 Å². The Morgan fingerprint density at radius 2 is 0.897 bits per heavy atom. The first-order valence-electron chi connectivity index (χ1n) is 7.22. The van der Waals surface area contributed by atoms with E-state index in [1.807, 2.05) is 0 Å². The average Bonchev–Trinajstić information content (AvgIpc) is 2.41. The van der Waals surface area contributed by atoms with E-state index in [4.69, 9.17) is 4.55 Å². The van der Waals surface area contributed by atoms with Gasteiger partial charge in [0.2, 0.25) is 0 Å². The fraction of sp³-hybridized carbons (Fsp3) is 1.00. The predicted octanol–water partition coefficient (Wildman–Crippen LogP) is 6.05. The van der Waals surface area contributed by atoms with Crippen molar-refractivity contribution in [2.24, 2.45) is 5.92 Å². The van der Waals surface area contributed by atoms with Gasteiger partial charge in [0.1, 0.15) is 0 Å². The SMILES string of the molecule is O=S(O)CCCC(CC(F)(C(F)(F)F)C(F)(F)F)CC(F)(C(F)(F)F)C(F)(F)F. The fourth-order valence-electron chi connectivity index (χ4n) is 2.35. The van der Waals surface area contributed by atoms with Crippen LogP contribution in [0.2, 0.25) is 0 Å². The van der Waals surface area contributed by atoms with Crippen LogP contribution in [0, 0.1) is 5.92 Å². The summed E-state index contributed by atoms with van der Waals surface area (Å²) in [6.07, 6.45) is -35.6. The molecule has 0 fully saturated rings. The molecule has 1 N–H and O–H groups in total. The molecule has 0 rings (SSSR count). The van der Waals surface area contributed by atoms with Gasteiger partial charge in [-0.2, -0.15) is 52.7 Å². The molecule has 0 spiro atoms. The van der Waals surface area contributed by atoms with Gasteiger partial charge in [-0.25, -0.2) is 13.0 Å². The van der Waals surface area contributed by atoms with Crippen molar-refractivity contribution >= 4 is 11.1 Å². The summed E-state index contributed by atoms with van der Waals surface area (Å²) < 4.78 is 197. The minimum absolute atomic E-state index is 0.981. The molecular formula is C12H12F14O2S. The highest BCUT2D eigenvalue weighted by atomic mass is 32.2. The molecule has 0 aromatic heterocycles. The minimum Gasteiger partial charge on any atom is -0.306 e. The first-order chi connectivity index (χ1) is 12.5. The second-order valence-electron chi connectivity index (χ2n) is 6.04. The largest absolute Gasteiger partial charge is 0.431 e. The van der Waals surface area contributed by atoms with E-state index < -0.39 is 84.5 Å². The van der Waals surface area contributed by atoms with E-state index in [9.17, 15) is 65.7 Å². The molecular weight excluding hydrogens is 474 g/mol. The van der Waals surface area contributed by atoms with Gasteiger partial charge in [-0.15, -0.1) is 0 Å².